The van der Waals surface area contributed by atoms with Gasteiger partial charge in [-0.05, 0) is 37.6 Å². The molecule has 0 saturated carbocycles. The fourth-order valence-electron chi connectivity index (χ4n) is 1.66. The number of benzene rings is 1. The molecule has 0 spiro atoms. The van der Waals surface area contributed by atoms with Crippen LogP contribution in [0.4, 0.5) is 5.88 Å². The Bertz CT molecular complexity index is 602. The fourth-order valence-corrected chi connectivity index (χ4v) is 2.27. The molecular weight excluding hydrogens is 312 g/mol. The molecule has 0 amide bonds. The Balaban J connectivity index is 2.41. The van der Waals surface area contributed by atoms with Crippen LogP contribution in [-0.4, -0.2) is 17.6 Å². The van der Waals surface area contributed by atoms with E-state index in [1.165, 1.54) is 0 Å². The summed E-state index contributed by atoms with van der Waals surface area (Å²) in [5, 5.41) is 0. The van der Waals surface area contributed by atoms with Gasteiger partial charge in [0.15, 0.2) is 0 Å². The summed E-state index contributed by atoms with van der Waals surface area (Å²) in [5.74, 6) is -0.322. The van der Waals surface area contributed by atoms with Crippen LogP contribution in [0.5, 0.6) is 0 Å². The standard InChI is InChI=1S/C13H13BrN2O3/c1-3-18-13(17)10-11(15)19-12(16-10)8-4-7(2)5-9(14)6-8/h4-6H,3,15H2,1-2H3. The Labute approximate surface area is 118 Å². The van der Waals surface area contributed by atoms with Gasteiger partial charge in [0, 0.05) is 10.0 Å². The van der Waals surface area contributed by atoms with E-state index in [1.54, 1.807) is 6.92 Å². The highest BCUT2D eigenvalue weighted by molar-refractivity contribution is 9.10. The average Bonchev–Trinajstić information content (AvgIpc) is 2.70. The molecule has 2 aromatic rings. The number of nitrogens with two attached hydrogens (primary N) is 1. The Morgan fingerprint density at radius 2 is 2.21 bits per heavy atom. The van der Waals surface area contributed by atoms with Crippen molar-refractivity contribution in [3.8, 4) is 11.5 Å². The maximum Gasteiger partial charge on any atom is 0.362 e. The average molecular weight is 325 g/mol. The number of nitrogen functional groups attached to an aromatic ring is 1. The molecule has 0 aliphatic rings. The predicted octanol–water partition coefficient (Wildman–Crippen LogP) is 3.17. The summed E-state index contributed by atoms with van der Waals surface area (Å²) in [4.78, 5) is 15.7. The number of halogens is 1. The van der Waals surface area contributed by atoms with Crippen LogP contribution in [0.3, 0.4) is 0 Å². The molecule has 1 heterocycles. The number of aromatic nitrogens is 1. The highest BCUT2D eigenvalue weighted by Gasteiger charge is 2.20. The summed E-state index contributed by atoms with van der Waals surface area (Å²) >= 11 is 3.40. The Hall–Kier alpha value is -1.82. The summed E-state index contributed by atoms with van der Waals surface area (Å²) in [5.41, 5.74) is 7.44. The summed E-state index contributed by atoms with van der Waals surface area (Å²) in [7, 11) is 0. The lowest BCUT2D eigenvalue weighted by Gasteiger charge is -1.99. The van der Waals surface area contributed by atoms with E-state index in [-0.39, 0.29) is 18.2 Å². The van der Waals surface area contributed by atoms with Gasteiger partial charge in [-0.15, -0.1) is 0 Å². The van der Waals surface area contributed by atoms with Crippen LogP contribution in [0.25, 0.3) is 11.5 Å². The first-order valence-electron chi connectivity index (χ1n) is 5.72. The Morgan fingerprint density at radius 1 is 1.47 bits per heavy atom. The molecule has 0 unspecified atom stereocenters. The fraction of sp³-hybridized carbons (Fsp3) is 0.231. The van der Waals surface area contributed by atoms with E-state index >= 15 is 0 Å². The van der Waals surface area contributed by atoms with E-state index in [9.17, 15) is 4.79 Å². The molecule has 0 saturated heterocycles. The number of hydrogen-bond donors (Lipinski definition) is 1. The maximum atomic E-state index is 11.6. The number of esters is 1. The van der Waals surface area contributed by atoms with E-state index in [1.807, 2.05) is 25.1 Å². The first-order valence-corrected chi connectivity index (χ1v) is 6.51. The van der Waals surface area contributed by atoms with Crippen molar-refractivity contribution in [3.05, 3.63) is 33.9 Å². The number of anilines is 1. The van der Waals surface area contributed by atoms with E-state index in [4.69, 9.17) is 14.9 Å². The summed E-state index contributed by atoms with van der Waals surface area (Å²) in [6.07, 6.45) is 0. The maximum absolute atomic E-state index is 11.6. The molecule has 6 heteroatoms. The lowest BCUT2D eigenvalue weighted by molar-refractivity contribution is 0.0521. The molecule has 0 fully saturated rings. The minimum atomic E-state index is -0.582. The first-order chi connectivity index (χ1) is 9.01. The molecule has 1 aromatic carbocycles. The molecular formula is C13H13BrN2O3. The van der Waals surface area contributed by atoms with Crippen molar-refractivity contribution in [2.24, 2.45) is 0 Å². The predicted molar refractivity (Wildman–Crippen MR) is 74.7 cm³/mol. The van der Waals surface area contributed by atoms with Gasteiger partial charge in [-0.1, -0.05) is 15.9 Å². The zero-order valence-corrected chi connectivity index (χ0v) is 12.2. The molecule has 0 aliphatic carbocycles. The number of hydrogen-bond acceptors (Lipinski definition) is 5. The highest BCUT2D eigenvalue weighted by Crippen LogP contribution is 2.27. The van der Waals surface area contributed by atoms with E-state index in [0.29, 0.717) is 5.89 Å². The largest absolute Gasteiger partial charge is 0.461 e. The first kappa shape index (κ1) is 13.6. The lowest BCUT2D eigenvalue weighted by Crippen LogP contribution is -2.07. The number of oxazole rings is 1. The second-order valence-corrected chi connectivity index (χ2v) is 4.89. The normalized spacial score (nSPS) is 10.5. The van der Waals surface area contributed by atoms with Crippen LogP contribution >= 0.6 is 15.9 Å². The zero-order chi connectivity index (χ0) is 14.0. The van der Waals surface area contributed by atoms with Crippen LogP contribution in [0, 0.1) is 6.92 Å². The third kappa shape index (κ3) is 2.96. The molecule has 2 rings (SSSR count). The van der Waals surface area contributed by atoms with Crippen LogP contribution in [0.15, 0.2) is 27.1 Å². The van der Waals surface area contributed by atoms with Crippen molar-refractivity contribution < 1.29 is 13.9 Å². The summed E-state index contributed by atoms with van der Waals surface area (Å²) in [6.45, 7) is 3.93. The SMILES string of the molecule is CCOC(=O)c1nc(-c2cc(C)cc(Br)c2)oc1N. The Morgan fingerprint density at radius 3 is 2.84 bits per heavy atom. The van der Waals surface area contributed by atoms with Crippen LogP contribution in [-0.2, 0) is 4.74 Å². The van der Waals surface area contributed by atoms with Gasteiger partial charge in [0.05, 0.1) is 6.61 Å². The molecule has 1 aromatic heterocycles. The monoisotopic (exact) mass is 324 g/mol. The van der Waals surface area contributed by atoms with Gasteiger partial charge in [-0.25, -0.2) is 4.79 Å². The molecule has 100 valence electrons. The zero-order valence-electron chi connectivity index (χ0n) is 10.6. The van der Waals surface area contributed by atoms with Crippen molar-refractivity contribution in [2.75, 3.05) is 12.3 Å². The van der Waals surface area contributed by atoms with Crippen molar-refractivity contribution in [1.29, 1.82) is 0 Å². The van der Waals surface area contributed by atoms with Gasteiger partial charge in [-0.2, -0.15) is 4.98 Å². The van der Waals surface area contributed by atoms with Gasteiger partial charge < -0.3 is 14.9 Å². The lowest BCUT2D eigenvalue weighted by atomic mass is 10.1. The second kappa shape index (κ2) is 5.44. The summed E-state index contributed by atoms with van der Waals surface area (Å²) in [6, 6.07) is 5.69. The topological polar surface area (TPSA) is 78.3 Å². The van der Waals surface area contributed by atoms with Gasteiger partial charge in [0.25, 0.3) is 0 Å². The molecule has 0 bridgehead atoms. The number of carbonyl (C=O) groups excluding carboxylic acids is 1. The molecule has 19 heavy (non-hydrogen) atoms. The number of nitrogens with zero attached hydrogens (tertiary/aromatic N) is 1. The molecule has 0 radical (unpaired) electrons. The minimum absolute atomic E-state index is 0.00878. The molecule has 5 nitrogen and oxygen atoms in total. The van der Waals surface area contributed by atoms with Gasteiger partial charge in [0.2, 0.25) is 17.5 Å². The minimum Gasteiger partial charge on any atom is -0.461 e. The number of rotatable bonds is 3. The van der Waals surface area contributed by atoms with E-state index in [0.717, 1.165) is 15.6 Å². The third-order valence-electron chi connectivity index (χ3n) is 2.41. The smallest absolute Gasteiger partial charge is 0.362 e. The molecule has 0 atom stereocenters. The van der Waals surface area contributed by atoms with Crippen LogP contribution in [0.2, 0.25) is 0 Å². The van der Waals surface area contributed by atoms with Crippen molar-refractivity contribution in [1.82, 2.24) is 4.98 Å². The van der Waals surface area contributed by atoms with Crippen molar-refractivity contribution in [3.63, 3.8) is 0 Å². The van der Waals surface area contributed by atoms with Crippen molar-refractivity contribution in [2.45, 2.75) is 13.8 Å². The number of aryl methyl sites for hydroxylation is 1. The highest BCUT2D eigenvalue weighted by atomic mass is 79.9. The molecule has 2 N–H and O–H groups in total. The summed E-state index contributed by atoms with van der Waals surface area (Å²) < 4.78 is 11.1. The van der Waals surface area contributed by atoms with Crippen LogP contribution < -0.4 is 5.73 Å². The number of ether oxygens (including phenoxy) is 1. The third-order valence-corrected chi connectivity index (χ3v) is 2.87. The quantitative estimate of drug-likeness (QED) is 0.877. The number of carbonyl (C=O) groups is 1. The van der Waals surface area contributed by atoms with Crippen molar-refractivity contribution >= 4 is 27.8 Å². The second-order valence-electron chi connectivity index (χ2n) is 3.97. The Kier molecular flexibility index (Phi) is 3.90. The van der Waals surface area contributed by atoms with Gasteiger partial charge in [0.1, 0.15) is 0 Å². The van der Waals surface area contributed by atoms with Gasteiger partial charge >= 0.3 is 5.97 Å². The molecule has 0 aliphatic heterocycles. The van der Waals surface area contributed by atoms with E-state index < -0.39 is 5.97 Å². The van der Waals surface area contributed by atoms with Gasteiger partial charge in [-0.3, -0.25) is 0 Å². The van der Waals surface area contributed by atoms with E-state index in [2.05, 4.69) is 20.9 Å². The van der Waals surface area contributed by atoms with Crippen LogP contribution in [0.1, 0.15) is 23.0 Å².